The minimum Gasteiger partial charge on any atom is -0.504 e. The van der Waals surface area contributed by atoms with Gasteiger partial charge in [0.05, 0.1) is 5.02 Å². The lowest BCUT2D eigenvalue weighted by Crippen LogP contribution is -2.19. The Morgan fingerprint density at radius 1 is 1.75 bits per heavy atom. The van der Waals surface area contributed by atoms with Gasteiger partial charge < -0.3 is 10.4 Å². The molecule has 1 aromatic heterocycles. The van der Waals surface area contributed by atoms with E-state index in [-0.39, 0.29) is 16.5 Å². The Balaban J connectivity index is 3.16. The van der Waals surface area contributed by atoms with Crippen molar-refractivity contribution in [1.29, 1.82) is 0 Å². The van der Waals surface area contributed by atoms with Crippen molar-refractivity contribution in [1.82, 2.24) is 10.3 Å². The Hall–Kier alpha value is -1.29. The molecule has 0 saturated heterocycles. The first-order valence-electron chi connectivity index (χ1n) is 3.22. The number of amides is 1. The Labute approximate surface area is 74.2 Å². The van der Waals surface area contributed by atoms with Gasteiger partial charge in [-0.3, -0.25) is 4.79 Å². The summed E-state index contributed by atoms with van der Waals surface area (Å²) >= 11 is 5.54. The number of carbonyl (C=O) groups excluding carboxylic acids is 1. The van der Waals surface area contributed by atoms with E-state index in [0.717, 1.165) is 0 Å². The summed E-state index contributed by atoms with van der Waals surface area (Å²) in [7, 11) is 1.45. The van der Waals surface area contributed by atoms with Crippen LogP contribution < -0.4 is 5.32 Å². The molecule has 1 heterocycles. The van der Waals surface area contributed by atoms with Crippen LogP contribution in [0.4, 0.5) is 0 Å². The first-order valence-corrected chi connectivity index (χ1v) is 3.60. The third-order valence-corrected chi connectivity index (χ3v) is 1.62. The lowest BCUT2D eigenvalue weighted by atomic mass is 10.3. The van der Waals surface area contributed by atoms with Crippen molar-refractivity contribution in [2.24, 2.45) is 0 Å². The molecule has 5 heteroatoms. The summed E-state index contributed by atoms with van der Waals surface area (Å²) in [6.07, 6.45) is 1.35. The Morgan fingerprint density at radius 3 is 3.00 bits per heavy atom. The van der Waals surface area contributed by atoms with Gasteiger partial charge in [0, 0.05) is 13.2 Å². The smallest absolute Gasteiger partial charge is 0.273 e. The van der Waals surface area contributed by atoms with Gasteiger partial charge >= 0.3 is 0 Å². The van der Waals surface area contributed by atoms with Crippen LogP contribution in [0.2, 0.25) is 5.02 Å². The van der Waals surface area contributed by atoms with E-state index in [1.807, 2.05) is 0 Å². The van der Waals surface area contributed by atoms with Crippen molar-refractivity contribution in [2.45, 2.75) is 0 Å². The molecule has 0 fully saturated rings. The quantitative estimate of drug-likeness (QED) is 0.682. The number of aromatic nitrogens is 1. The first-order chi connectivity index (χ1) is 5.66. The average Bonchev–Trinajstić information content (AvgIpc) is 2.08. The van der Waals surface area contributed by atoms with Gasteiger partial charge in [-0.2, -0.15) is 0 Å². The largest absolute Gasteiger partial charge is 0.504 e. The van der Waals surface area contributed by atoms with Gasteiger partial charge in [0.15, 0.2) is 11.4 Å². The molecule has 64 valence electrons. The van der Waals surface area contributed by atoms with Crippen LogP contribution in [-0.2, 0) is 0 Å². The van der Waals surface area contributed by atoms with Gasteiger partial charge in [0.2, 0.25) is 0 Å². The van der Waals surface area contributed by atoms with Gasteiger partial charge in [-0.15, -0.1) is 0 Å². The van der Waals surface area contributed by atoms with Gasteiger partial charge in [-0.25, -0.2) is 4.98 Å². The molecule has 2 N–H and O–H groups in total. The third kappa shape index (κ3) is 1.48. The number of nitrogens with one attached hydrogen (secondary N) is 1. The zero-order valence-corrected chi connectivity index (χ0v) is 7.09. The summed E-state index contributed by atoms with van der Waals surface area (Å²) in [6.45, 7) is 0. The van der Waals surface area contributed by atoms with E-state index in [2.05, 4.69) is 10.3 Å². The summed E-state index contributed by atoms with van der Waals surface area (Å²) in [5, 5.41) is 11.7. The maximum absolute atomic E-state index is 11.0. The molecule has 0 atom stereocenters. The molecule has 0 spiro atoms. The number of aromatic hydroxyl groups is 1. The zero-order chi connectivity index (χ0) is 9.14. The highest BCUT2D eigenvalue weighted by Crippen LogP contribution is 2.24. The molecule has 0 bridgehead atoms. The lowest BCUT2D eigenvalue weighted by Gasteiger charge is -2.01. The molecule has 0 aliphatic heterocycles. The molecule has 0 aliphatic carbocycles. The van der Waals surface area contributed by atoms with Gasteiger partial charge in [0.1, 0.15) is 0 Å². The summed E-state index contributed by atoms with van der Waals surface area (Å²) in [6, 6.07) is 1.41. The van der Waals surface area contributed by atoms with Crippen LogP contribution in [0.25, 0.3) is 0 Å². The van der Waals surface area contributed by atoms with Gasteiger partial charge in [-0.05, 0) is 6.07 Å². The molecule has 4 nitrogen and oxygen atoms in total. The van der Waals surface area contributed by atoms with E-state index in [0.29, 0.717) is 0 Å². The van der Waals surface area contributed by atoms with Crippen molar-refractivity contribution < 1.29 is 9.90 Å². The minimum absolute atomic E-state index is 0.0648. The zero-order valence-electron chi connectivity index (χ0n) is 6.34. The monoisotopic (exact) mass is 186 g/mol. The Bertz CT molecular complexity index is 314. The molecular formula is C7H7ClN2O2. The van der Waals surface area contributed by atoms with E-state index >= 15 is 0 Å². The maximum atomic E-state index is 11.0. The fraction of sp³-hybridized carbons (Fsp3) is 0.143. The Kier molecular flexibility index (Phi) is 2.50. The second kappa shape index (κ2) is 3.40. The summed E-state index contributed by atoms with van der Waals surface area (Å²) in [4.78, 5) is 14.7. The molecular weight excluding hydrogens is 180 g/mol. The normalized spacial score (nSPS) is 9.50. The van der Waals surface area contributed by atoms with Crippen LogP contribution in [0.15, 0.2) is 12.3 Å². The molecule has 12 heavy (non-hydrogen) atoms. The van der Waals surface area contributed by atoms with Crippen molar-refractivity contribution in [3.63, 3.8) is 0 Å². The molecule has 1 amide bonds. The molecule has 0 aliphatic rings. The van der Waals surface area contributed by atoms with Crippen molar-refractivity contribution in [3.05, 3.63) is 23.0 Å². The number of carbonyl (C=O) groups is 1. The molecule has 0 aromatic carbocycles. The molecule has 0 radical (unpaired) electrons. The predicted octanol–water partition coefficient (Wildman–Crippen LogP) is 0.800. The van der Waals surface area contributed by atoms with E-state index in [1.165, 1.54) is 19.3 Å². The number of nitrogens with zero attached hydrogens (tertiary/aromatic N) is 1. The molecule has 0 saturated carbocycles. The summed E-state index contributed by atoms with van der Waals surface area (Å²) in [5.41, 5.74) is -0.0648. The number of hydrogen-bond acceptors (Lipinski definition) is 3. The van der Waals surface area contributed by atoms with E-state index < -0.39 is 5.91 Å². The van der Waals surface area contributed by atoms with Crippen LogP contribution in [0, 0.1) is 0 Å². The summed E-state index contributed by atoms with van der Waals surface area (Å²) < 4.78 is 0. The second-order valence-electron chi connectivity index (χ2n) is 2.07. The van der Waals surface area contributed by atoms with Crippen molar-refractivity contribution in [2.75, 3.05) is 7.05 Å². The summed E-state index contributed by atoms with van der Waals surface area (Å²) in [5.74, 6) is -0.756. The molecule has 0 unspecified atom stereocenters. The average molecular weight is 187 g/mol. The third-order valence-electron chi connectivity index (χ3n) is 1.32. The number of pyridine rings is 1. The van der Waals surface area contributed by atoms with E-state index in [9.17, 15) is 9.90 Å². The minimum atomic E-state index is -0.463. The molecule has 1 aromatic rings. The fourth-order valence-corrected chi connectivity index (χ4v) is 0.861. The van der Waals surface area contributed by atoms with E-state index in [4.69, 9.17) is 11.6 Å². The highest BCUT2D eigenvalue weighted by molar-refractivity contribution is 6.32. The van der Waals surface area contributed by atoms with E-state index in [1.54, 1.807) is 0 Å². The number of halogens is 1. The Morgan fingerprint density at radius 2 is 2.42 bits per heavy atom. The maximum Gasteiger partial charge on any atom is 0.273 e. The van der Waals surface area contributed by atoms with Crippen molar-refractivity contribution >= 4 is 17.5 Å². The standard InChI is InChI=1S/C7H7ClN2O2/c1-9-7(12)5-6(11)4(8)2-3-10-5/h2-3,11H,1H3,(H,9,12). The second-order valence-corrected chi connectivity index (χ2v) is 2.48. The highest BCUT2D eigenvalue weighted by Gasteiger charge is 2.12. The highest BCUT2D eigenvalue weighted by atomic mass is 35.5. The number of hydrogen-bond donors (Lipinski definition) is 2. The fourth-order valence-electron chi connectivity index (χ4n) is 0.715. The first kappa shape index (κ1) is 8.80. The number of rotatable bonds is 1. The van der Waals surface area contributed by atoms with Crippen molar-refractivity contribution in [3.8, 4) is 5.75 Å². The lowest BCUT2D eigenvalue weighted by molar-refractivity contribution is 0.0955. The van der Waals surface area contributed by atoms with Gasteiger partial charge in [0.25, 0.3) is 5.91 Å². The SMILES string of the molecule is CNC(=O)c1nccc(Cl)c1O. The topological polar surface area (TPSA) is 62.2 Å². The van der Waals surface area contributed by atoms with Crippen LogP contribution in [0.1, 0.15) is 10.5 Å². The predicted molar refractivity (Wildman–Crippen MR) is 44.3 cm³/mol. The van der Waals surface area contributed by atoms with Gasteiger partial charge in [-0.1, -0.05) is 11.6 Å². The van der Waals surface area contributed by atoms with Crippen LogP contribution in [0.5, 0.6) is 5.75 Å². The van der Waals surface area contributed by atoms with Crippen LogP contribution >= 0.6 is 11.6 Å². The van der Waals surface area contributed by atoms with Crippen LogP contribution in [-0.4, -0.2) is 23.0 Å². The molecule has 1 rings (SSSR count). The van der Waals surface area contributed by atoms with Crippen LogP contribution in [0.3, 0.4) is 0 Å².